The van der Waals surface area contributed by atoms with Gasteiger partial charge in [0.15, 0.2) is 0 Å². The molecule has 1 amide bonds. The third-order valence-electron chi connectivity index (χ3n) is 5.07. The maximum Gasteiger partial charge on any atom is 0.240 e. The van der Waals surface area contributed by atoms with Crippen LogP contribution >= 0.6 is 0 Å². The molecule has 2 aliphatic rings. The Labute approximate surface area is 139 Å². The Kier molecular flexibility index (Phi) is 6.06. The summed E-state index contributed by atoms with van der Waals surface area (Å²) in [5, 5.41) is 3.08. The van der Waals surface area contributed by atoms with Gasteiger partial charge in [0, 0.05) is 19.6 Å². The van der Waals surface area contributed by atoms with E-state index in [0.717, 1.165) is 31.2 Å². The Morgan fingerprint density at radius 3 is 2.74 bits per heavy atom. The molecule has 23 heavy (non-hydrogen) atoms. The predicted octanol–water partition coefficient (Wildman–Crippen LogP) is 2.58. The summed E-state index contributed by atoms with van der Waals surface area (Å²) in [4.78, 5) is 14.9. The number of carbonyl (C=O) groups excluding carboxylic acids is 1. The summed E-state index contributed by atoms with van der Waals surface area (Å²) in [6, 6.07) is 9.94. The first-order valence-electron chi connectivity index (χ1n) is 8.96. The number of hydrogen-bond acceptors (Lipinski definition) is 3. The zero-order chi connectivity index (χ0) is 15.9. The van der Waals surface area contributed by atoms with Crippen LogP contribution in [0.1, 0.15) is 37.7 Å². The van der Waals surface area contributed by atoms with Crippen LogP contribution in [-0.2, 0) is 16.1 Å². The summed E-state index contributed by atoms with van der Waals surface area (Å²) in [7, 11) is 0. The Balaban J connectivity index is 1.53. The molecule has 4 nitrogen and oxygen atoms in total. The first-order chi connectivity index (χ1) is 11.3. The van der Waals surface area contributed by atoms with E-state index in [9.17, 15) is 4.79 Å². The quantitative estimate of drug-likeness (QED) is 0.908. The van der Waals surface area contributed by atoms with Crippen molar-refractivity contribution < 1.29 is 9.53 Å². The van der Waals surface area contributed by atoms with Crippen LogP contribution in [0.25, 0.3) is 0 Å². The third kappa shape index (κ3) is 4.79. The van der Waals surface area contributed by atoms with Crippen molar-refractivity contribution in [2.45, 2.75) is 44.7 Å². The molecule has 1 aromatic rings. The molecule has 1 unspecified atom stereocenters. The smallest absolute Gasteiger partial charge is 0.240 e. The zero-order valence-corrected chi connectivity index (χ0v) is 13.9. The molecular formula is C19H28N2O2. The van der Waals surface area contributed by atoms with Crippen molar-refractivity contribution >= 4 is 5.91 Å². The van der Waals surface area contributed by atoms with Crippen LogP contribution in [0.15, 0.2) is 30.3 Å². The molecule has 0 bridgehead atoms. The number of benzene rings is 1. The van der Waals surface area contributed by atoms with E-state index in [2.05, 4.69) is 10.2 Å². The van der Waals surface area contributed by atoms with Crippen molar-refractivity contribution in [3.05, 3.63) is 35.9 Å². The van der Waals surface area contributed by atoms with Gasteiger partial charge < -0.3 is 10.1 Å². The van der Waals surface area contributed by atoms with E-state index in [0.29, 0.717) is 13.2 Å². The average Bonchev–Trinajstić information content (AvgIpc) is 2.62. The van der Waals surface area contributed by atoms with Crippen LogP contribution in [0.5, 0.6) is 0 Å². The van der Waals surface area contributed by atoms with Gasteiger partial charge in [-0.3, -0.25) is 9.69 Å². The van der Waals surface area contributed by atoms with Crippen LogP contribution in [0, 0.1) is 5.92 Å². The molecule has 1 aromatic carbocycles. The van der Waals surface area contributed by atoms with Crippen LogP contribution in [-0.4, -0.2) is 43.2 Å². The Hall–Kier alpha value is -1.39. The first kappa shape index (κ1) is 16.5. The third-order valence-corrected chi connectivity index (χ3v) is 5.07. The first-order valence-corrected chi connectivity index (χ1v) is 8.96. The second-order valence-corrected chi connectivity index (χ2v) is 6.79. The highest BCUT2D eigenvalue weighted by atomic mass is 16.5. The second-order valence-electron chi connectivity index (χ2n) is 6.79. The van der Waals surface area contributed by atoms with Crippen molar-refractivity contribution in [1.29, 1.82) is 0 Å². The number of morpholine rings is 1. The fraction of sp³-hybridized carbons (Fsp3) is 0.632. The second kappa shape index (κ2) is 8.46. The van der Waals surface area contributed by atoms with E-state index in [1.165, 1.54) is 32.1 Å². The molecule has 126 valence electrons. The van der Waals surface area contributed by atoms with E-state index in [4.69, 9.17) is 4.74 Å². The van der Waals surface area contributed by atoms with E-state index in [-0.39, 0.29) is 11.9 Å². The number of hydrogen-bond donors (Lipinski definition) is 1. The van der Waals surface area contributed by atoms with E-state index in [1.54, 1.807) is 0 Å². The number of nitrogens with zero attached hydrogens (tertiary/aromatic N) is 1. The van der Waals surface area contributed by atoms with Crippen LogP contribution in [0.4, 0.5) is 0 Å². The van der Waals surface area contributed by atoms with Crippen LogP contribution in [0.2, 0.25) is 0 Å². The summed E-state index contributed by atoms with van der Waals surface area (Å²) in [5.74, 6) is 0.857. The maximum absolute atomic E-state index is 12.6. The highest BCUT2D eigenvalue weighted by molar-refractivity contribution is 5.82. The van der Waals surface area contributed by atoms with Gasteiger partial charge >= 0.3 is 0 Å². The number of ether oxygens (including phenoxy) is 1. The predicted molar refractivity (Wildman–Crippen MR) is 91.0 cm³/mol. The molecule has 1 atom stereocenters. The molecule has 1 N–H and O–H groups in total. The molecule has 1 aliphatic heterocycles. The SMILES string of the molecule is O=C(NCc1ccccc1)C1COCCN1CC1CCCCC1. The molecule has 1 saturated heterocycles. The summed E-state index contributed by atoms with van der Waals surface area (Å²) in [5.41, 5.74) is 1.14. The van der Waals surface area contributed by atoms with Gasteiger partial charge in [0.1, 0.15) is 6.04 Å². The van der Waals surface area contributed by atoms with Gasteiger partial charge in [0.05, 0.1) is 13.2 Å². The van der Waals surface area contributed by atoms with E-state index in [1.807, 2.05) is 30.3 Å². The molecule has 1 saturated carbocycles. The fourth-order valence-corrected chi connectivity index (χ4v) is 3.70. The Bertz CT molecular complexity index is 485. The molecule has 0 radical (unpaired) electrons. The number of rotatable bonds is 5. The largest absolute Gasteiger partial charge is 0.378 e. The van der Waals surface area contributed by atoms with Crippen molar-refractivity contribution in [2.24, 2.45) is 5.92 Å². The molecule has 2 fully saturated rings. The van der Waals surface area contributed by atoms with Crippen LogP contribution < -0.4 is 5.32 Å². The number of carbonyl (C=O) groups is 1. The number of nitrogens with one attached hydrogen (secondary N) is 1. The average molecular weight is 316 g/mol. The van der Waals surface area contributed by atoms with Gasteiger partial charge in [-0.25, -0.2) is 0 Å². The van der Waals surface area contributed by atoms with Crippen molar-refractivity contribution in [1.82, 2.24) is 10.2 Å². The van der Waals surface area contributed by atoms with Gasteiger partial charge in [-0.1, -0.05) is 49.6 Å². The highest BCUT2D eigenvalue weighted by Crippen LogP contribution is 2.25. The summed E-state index contributed by atoms with van der Waals surface area (Å²) in [6.45, 7) is 3.78. The Morgan fingerprint density at radius 2 is 1.96 bits per heavy atom. The molecular weight excluding hydrogens is 288 g/mol. The standard InChI is InChI=1S/C19H28N2O2/c22-19(20-13-16-7-3-1-4-8-16)18-15-23-12-11-21(18)14-17-9-5-2-6-10-17/h1,3-4,7-8,17-18H,2,5-6,9-15H2,(H,20,22). The minimum atomic E-state index is -0.130. The van der Waals surface area contributed by atoms with Crippen molar-refractivity contribution in [3.8, 4) is 0 Å². The minimum absolute atomic E-state index is 0.101. The Morgan fingerprint density at radius 1 is 1.17 bits per heavy atom. The normalized spacial score (nSPS) is 23.6. The van der Waals surface area contributed by atoms with Crippen molar-refractivity contribution in [2.75, 3.05) is 26.3 Å². The summed E-state index contributed by atoms with van der Waals surface area (Å²) >= 11 is 0. The van der Waals surface area contributed by atoms with Crippen LogP contribution in [0.3, 0.4) is 0 Å². The van der Waals surface area contributed by atoms with Gasteiger partial charge in [0.2, 0.25) is 5.91 Å². The summed E-state index contributed by atoms with van der Waals surface area (Å²) < 4.78 is 5.57. The molecule has 4 heteroatoms. The summed E-state index contributed by atoms with van der Waals surface area (Å²) in [6.07, 6.45) is 6.70. The maximum atomic E-state index is 12.6. The molecule has 1 aliphatic carbocycles. The van der Waals surface area contributed by atoms with Gasteiger partial charge in [-0.05, 0) is 24.3 Å². The lowest BCUT2D eigenvalue weighted by Gasteiger charge is -2.37. The van der Waals surface area contributed by atoms with Crippen molar-refractivity contribution in [3.63, 3.8) is 0 Å². The lowest BCUT2D eigenvalue weighted by molar-refractivity contribution is -0.133. The molecule has 1 heterocycles. The lowest BCUT2D eigenvalue weighted by Crippen LogP contribution is -2.54. The monoisotopic (exact) mass is 316 g/mol. The van der Waals surface area contributed by atoms with Gasteiger partial charge in [-0.15, -0.1) is 0 Å². The topological polar surface area (TPSA) is 41.6 Å². The fourth-order valence-electron chi connectivity index (χ4n) is 3.70. The number of amides is 1. The van der Waals surface area contributed by atoms with E-state index < -0.39 is 0 Å². The van der Waals surface area contributed by atoms with Gasteiger partial charge in [-0.2, -0.15) is 0 Å². The highest BCUT2D eigenvalue weighted by Gasteiger charge is 2.31. The van der Waals surface area contributed by atoms with E-state index >= 15 is 0 Å². The molecule has 3 rings (SSSR count). The molecule has 0 spiro atoms. The lowest BCUT2D eigenvalue weighted by atomic mass is 9.88. The molecule has 0 aromatic heterocycles. The zero-order valence-electron chi connectivity index (χ0n) is 13.9. The van der Waals surface area contributed by atoms with Gasteiger partial charge in [0.25, 0.3) is 0 Å². The minimum Gasteiger partial charge on any atom is -0.378 e.